The largest absolute Gasteiger partial charge is 0.505 e. The van der Waals surface area contributed by atoms with Gasteiger partial charge in [0.15, 0.2) is 23.1 Å². The summed E-state index contributed by atoms with van der Waals surface area (Å²) in [7, 11) is -3.27. The Morgan fingerprint density at radius 3 is 1.45 bits per heavy atom. The van der Waals surface area contributed by atoms with Crippen molar-refractivity contribution in [1.29, 1.82) is 0 Å². The number of phenolic OH excluding ortho intramolecular Hbond substituents is 1. The zero-order valence-electron chi connectivity index (χ0n) is 26.4. The fourth-order valence-corrected chi connectivity index (χ4v) is 11.6. The number of hydrogen-bond donors (Lipinski definition) is 1. The molecule has 260 valence electrons. The fraction of sp³-hybridized carbons (Fsp3) is 0.657. The Morgan fingerprint density at radius 1 is 0.660 bits per heavy atom. The maximum absolute atomic E-state index is 13.9. The number of rotatable bonds is 6. The molecule has 0 spiro atoms. The summed E-state index contributed by atoms with van der Waals surface area (Å²) in [6.45, 7) is 0.976. The van der Waals surface area contributed by atoms with Crippen LogP contribution in [0.4, 0.5) is 17.6 Å². The van der Waals surface area contributed by atoms with Crippen molar-refractivity contribution in [3.63, 3.8) is 0 Å². The van der Waals surface area contributed by atoms with E-state index in [4.69, 9.17) is 14.0 Å². The SMILES string of the molecule is CS(=O)(=O)OCC12CC3CC(CC(C3)C1)C2.Fc1c(Br)ccc(OCC23CC4CC(CC(C4)C2)C3)c1F.Oc1ccc(Br)c(F)c1F. The summed E-state index contributed by atoms with van der Waals surface area (Å²) in [5, 5.41) is 8.59. The van der Waals surface area contributed by atoms with Crippen molar-refractivity contribution in [1.82, 2.24) is 0 Å². The van der Waals surface area contributed by atoms with E-state index in [1.54, 1.807) is 0 Å². The molecule has 5 nitrogen and oxygen atoms in total. The topological polar surface area (TPSA) is 72.8 Å². The van der Waals surface area contributed by atoms with E-state index >= 15 is 0 Å². The second-order valence-corrected chi connectivity index (χ2v) is 18.8. The van der Waals surface area contributed by atoms with Crippen LogP contribution in [0.25, 0.3) is 0 Å². The fourth-order valence-electron chi connectivity index (χ4n) is 10.5. The first-order valence-corrected chi connectivity index (χ1v) is 19.9. The third kappa shape index (κ3) is 8.17. The highest BCUT2D eigenvalue weighted by Gasteiger charge is 2.52. The molecule has 8 bridgehead atoms. The van der Waals surface area contributed by atoms with Crippen LogP contribution < -0.4 is 4.74 Å². The second kappa shape index (κ2) is 13.7. The molecular weight excluding hydrogens is 768 g/mol. The van der Waals surface area contributed by atoms with Gasteiger partial charge >= 0.3 is 0 Å². The van der Waals surface area contributed by atoms with E-state index in [1.165, 1.54) is 95.2 Å². The Morgan fingerprint density at radius 2 is 1.04 bits per heavy atom. The average molecular weight is 811 g/mol. The molecule has 8 saturated carbocycles. The predicted octanol–water partition coefficient (Wildman–Crippen LogP) is 9.93. The van der Waals surface area contributed by atoms with Gasteiger partial charge in [-0.3, -0.25) is 4.18 Å². The van der Waals surface area contributed by atoms with Crippen molar-refractivity contribution in [3.05, 3.63) is 56.5 Å². The summed E-state index contributed by atoms with van der Waals surface area (Å²) in [6.07, 6.45) is 16.7. The van der Waals surface area contributed by atoms with E-state index in [0.717, 1.165) is 47.8 Å². The lowest BCUT2D eigenvalue weighted by Gasteiger charge is -2.56. The first-order valence-electron chi connectivity index (χ1n) is 16.5. The molecule has 0 unspecified atom stereocenters. The Kier molecular flexibility index (Phi) is 10.4. The first kappa shape index (κ1) is 35.5. The van der Waals surface area contributed by atoms with Gasteiger partial charge in [0.25, 0.3) is 10.1 Å². The second-order valence-electron chi connectivity index (χ2n) is 15.5. The van der Waals surface area contributed by atoms with Crippen LogP contribution in [0.1, 0.15) is 77.0 Å². The minimum atomic E-state index is -3.27. The van der Waals surface area contributed by atoms with Gasteiger partial charge in [-0.25, -0.2) is 8.78 Å². The van der Waals surface area contributed by atoms with Gasteiger partial charge in [-0.2, -0.15) is 17.2 Å². The Hall–Kier alpha value is -1.37. The molecule has 0 heterocycles. The van der Waals surface area contributed by atoms with Gasteiger partial charge in [-0.05, 0) is 174 Å². The van der Waals surface area contributed by atoms with Crippen LogP contribution in [0.5, 0.6) is 11.5 Å². The number of ether oxygens (including phenoxy) is 1. The number of aromatic hydroxyl groups is 1. The number of hydrogen-bond acceptors (Lipinski definition) is 5. The van der Waals surface area contributed by atoms with Crippen molar-refractivity contribution < 1.29 is 40.0 Å². The monoisotopic (exact) mass is 808 g/mol. The highest BCUT2D eigenvalue weighted by molar-refractivity contribution is 9.10. The molecule has 2 aromatic rings. The van der Waals surface area contributed by atoms with Gasteiger partial charge in [0.2, 0.25) is 11.6 Å². The summed E-state index contributed by atoms with van der Waals surface area (Å²) in [4.78, 5) is 0. The molecule has 0 saturated heterocycles. The maximum atomic E-state index is 13.9. The third-order valence-electron chi connectivity index (χ3n) is 11.5. The van der Waals surface area contributed by atoms with E-state index < -0.39 is 39.1 Å². The predicted molar refractivity (Wildman–Crippen MR) is 177 cm³/mol. The molecule has 0 atom stereocenters. The van der Waals surface area contributed by atoms with Crippen molar-refractivity contribution in [3.8, 4) is 11.5 Å². The van der Waals surface area contributed by atoms with E-state index in [1.807, 2.05) is 0 Å². The summed E-state index contributed by atoms with van der Waals surface area (Å²) >= 11 is 5.75. The first-order chi connectivity index (χ1) is 22.1. The van der Waals surface area contributed by atoms with E-state index in [9.17, 15) is 26.0 Å². The summed E-state index contributed by atoms with van der Waals surface area (Å²) in [5.41, 5.74) is 0.419. The van der Waals surface area contributed by atoms with Gasteiger partial charge in [-0.1, -0.05) is 0 Å². The van der Waals surface area contributed by atoms with Crippen molar-refractivity contribution in [2.24, 2.45) is 46.3 Å². The Labute approximate surface area is 291 Å². The van der Waals surface area contributed by atoms with E-state index in [-0.39, 0.29) is 25.5 Å². The third-order valence-corrected chi connectivity index (χ3v) is 13.2. The molecule has 8 aliphatic rings. The van der Waals surface area contributed by atoms with E-state index in [0.29, 0.717) is 13.2 Å². The Bertz CT molecular complexity index is 1490. The van der Waals surface area contributed by atoms with Crippen LogP contribution in [-0.4, -0.2) is 33.0 Å². The minimum absolute atomic E-state index is 0.00259. The zero-order chi connectivity index (χ0) is 33.7. The number of halogens is 6. The molecule has 0 amide bonds. The average Bonchev–Trinajstić information content (AvgIpc) is 2.99. The molecule has 10 rings (SSSR count). The lowest BCUT2D eigenvalue weighted by Crippen LogP contribution is -2.48. The minimum Gasteiger partial charge on any atom is -0.505 e. The molecular formula is C35H42Br2F4O5S. The van der Waals surface area contributed by atoms with Crippen molar-refractivity contribution in [2.75, 3.05) is 19.5 Å². The summed E-state index contributed by atoms with van der Waals surface area (Å²) in [5.74, 6) is 0.413. The van der Waals surface area contributed by atoms with Crippen LogP contribution in [0.2, 0.25) is 0 Å². The van der Waals surface area contributed by atoms with Gasteiger partial charge in [0, 0.05) is 5.41 Å². The molecule has 8 fully saturated rings. The van der Waals surface area contributed by atoms with Gasteiger partial charge < -0.3 is 9.84 Å². The van der Waals surface area contributed by atoms with Gasteiger partial charge in [0.1, 0.15) is 0 Å². The van der Waals surface area contributed by atoms with Crippen LogP contribution in [-0.2, 0) is 14.3 Å². The molecule has 0 radical (unpaired) electrons. The normalized spacial score (nSPS) is 34.4. The standard InChI is InChI=1S/C17H19BrF2O.C12H20O3S.C6H3BrF2O/c18-13-1-2-14(16(20)15(13)19)21-9-17-6-10-3-11(7-17)5-12(4-10)8-17;1-16(13,14)15-8-12-5-9-2-10(6-12)4-11(3-9)7-12;7-3-1-2-4(10)6(9)5(3)8/h1-2,10-12H,3-9H2;9-11H,2-8H2,1H3;1-2,10H. The smallest absolute Gasteiger partial charge is 0.264 e. The lowest BCUT2D eigenvalue weighted by atomic mass is 9.50. The quantitative estimate of drug-likeness (QED) is 0.179. The zero-order valence-corrected chi connectivity index (χ0v) is 30.4. The summed E-state index contributed by atoms with van der Waals surface area (Å²) < 4.78 is 85.4. The number of benzene rings is 2. The maximum Gasteiger partial charge on any atom is 0.264 e. The molecule has 2 aromatic carbocycles. The van der Waals surface area contributed by atoms with Crippen LogP contribution in [0, 0.1) is 69.6 Å². The molecule has 12 heteroatoms. The van der Waals surface area contributed by atoms with Crippen molar-refractivity contribution >= 4 is 42.0 Å². The number of phenols is 1. The molecule has 1 N–H and O–H groups in total. The molecule has 8 aliphatic carbocycles. The molecule has 0 aliphatic heterocycles. The highest BCUT2D eigenvalue weighted by Crippen LogP contribution is 2.61. The summed E-state index contributed by atoms with van der Waals surface area (Å²) in [6, 6.07) is 5.33. The Balaban J connectivity index is 0.000000132. The molecule has 0 aromatic heterocycles. The van der Waals surface area contributed by atoms with Crippen molar-refractivity contribution in [2.45, 2.75) is 77.0 Å². The van der Waals surface area contributed by atoms with Crippen LogP contribution in [0.15, 0.2) is 33.2 Å². The van der Waals surface area contributed by atoms with Gasteiger partial charge in [-0.15, -0.1) is 0 Å². The molecule has 47 heavy (non-hydrogen) atoms. The van der Waals surface area contributed by atoms with Gasteiger partial charge in [0.05, 0.1) is 28.4 Å². The van der Waals surface area contributed by atoms with E-state index in [2.05, 4.69) is 31.9 Å². The highest BCUT2D eigenvalue weighted by atomic mass is 79.9. The van der Waals surface area contributed by atoms with Crippen LogP contribution >= 0.6 is 31.9 Å². The van der Waals surface area contributed by atoms with Crippen LogP contribution in [0.3, 0.4) is 0 Å². The lowest BCUT2D eigenvalue weighted by molar-refractivity contribution is -0.0750.